The molecular formula is C25H20F3N5O2. The summed E-state index contributed by atoms with van der Waals surface area (Å²) in [5.41, 5.74) is 1.93. The van der Waals surface area contributed by atoms with E-state index in [2.05, 4.69) is 15.4 Å². The number of fused-ring (bicyclic) bond motifs is 3. The van der Waals surface area contributed by atoms with Crippen molar-refractivity contribution in [1.29, 1.82) is 0 Å². The summed E-state index contributed by atoms with van der Waals surface area (Å²) >= 11 is 0. The lowest BCUT2D eigenvalue weighted by atomic mass is 10.1. The highest BCUT2D eigenvalue weighted by atomic mass is 19.4. The summed E-state index contributed by atoms with van der Waals surface area (Å²) in [6.45, 7) is -0.317. The number of halogens is 3. The van der Waals surface area contributed by atoms with E-state index < -0.39 is 23.7 Å². The van der Waals surface area contributed by atoms with Crippen LogP contribution in [0.25, 0.3) is 27.6 Å². The number of hydrogen-bond acceptors (Lipinski definition) is 4. The third-order valence-corrected chi connectivity index (χ3v) is 5.80. The van der Waals surface area contributed by atoms with Gasteiger partial charge in [-0.15, -0.1) is 0 Å². The van der Waals surface area contributed by atoms with E-state index in [9.17, 15) is 23.1 Å². The van der Waals surface area contributed by atoms with Gasteiger partial charge in [-0.05, 0) is 54.6 Å². The van der Waals surface area contributed by atoms with Crippen LogP contribution < -0.4 is 5.32 Å². The van der Waals surface area contributed by atoms with Crippen molar-refractivity contribution in [2.75, 3.05) is 6.61 Å². The Morgan fingerprint density at radius 1 is 1.09 bits per heavy atom. The van der Waals surface area contributed by atoms with Crippen molar-refractivity contribution >= 4 is 27.8 Å². The lowest BCUT2D eigenvalue weighted by Gasteiger charge is -2.16. The molecule has 0 spiro atoms. The number of hydrogen-bond donors (Lipinski definition) is 2. The normalized spacial score (nSPS) is 12.8. The van der Waals surface area contributed by atoms with Gasteiger partial charge >= 0.3 is 6.18 Å². The Bertz CT molecular complexity index is 1520. The highest BCUT2D eigenvalue weighted by Crippen LogP contribution is 2.34. The number of nitrogens with one attached hydrogen (secondary N) is 1. The second kappa shape index (κ2) is 8.55. The molecule has 2 N–H and O–H groups in total. The van der Waals surface area contributed by atoms with E-state index in [4.69, 9.17) is 0 Å². The minimum atomic E-state index is -4.43. The zero-order valence-corrected chi connectivity index (χ0v) is 18.5. The van der Waals surface area contributed by atoms with Gasteiger partial charge in [0, 0.05) is 41.5 Å². The van der Waals surface area contributed by atoms with Gasteiger partial charge < -0.3 is 10.4 Å². The molecule has 1 amide bonds. The second-order valence-corrected chi connectivity index (χ2v) is 8.12. The first-order chi connectivity index (χ1) is 16.8. The quantitative estimate of drug-likeness (QED) is 0.392. The third-order valence-electron chi connectivity index (χ3n) is 5.80. The summed E-state index contributed by atoms with van der Waals surface area (Å²) in [4.78, 5) is 17.2. The van der Waals surface area contributed by atoms with Gasteiger partial charge in [0.05, 0.1) is 29.4 Å². The molecule has 7 nitrogen and oxygen atoms in total. The second-order valence-electron chi connectivity index (χ2n) is 8.12. The van der Waals surface area contributed by atoms with Crippen LogP contribution in [0.4, 0.5) is 13.2 Å². The summed E-state index contributed by atoms with van der Waals surface area (Å²) in [7, 11) is 1.75. The summed E-state index contributed by atoms with van der Waals surface area (Å²) in [6, 6.07) is 14.5. The SMILES string of the molecule is Cn1cc2c3cc(C(=O)NC(CO)c4ccccn4)ccc3n(-c3ccc(C(F)(F)F)cc3)c2n1. The zero-order valence-electron chi connectivity index (χ0n) is 18.5. The number of carbonyl (C=O) groups is 1. The molecule has 0 fully saturated rings. The van der Waals surface area contributed by atoms with Crippen LogP contribution in [-0.2, 0) is 13.2 Å². The van der Waals surface area contributed by atoms with Crippen molar-refractivity contribution in [3.63, 3.8) is 0 Å². The van der Waals surface area contributed by atoms with Crippen molar-refractivity contribution in [2.45, 2.75) is 12.2 Å². The first-order valence-electron chi connectivity index (χ1n) is 10.7. The fourth-order valence-corrected chi connectivity index (χ4v) is 4.13. The van der Waals surface area contributed by atoms with Crippen molar-refractivity contribution in [3.8, 4) is 5.69 Å². The molecule has 3 heterocycles. The zero-order chi connectivity index (χ0) is 24.7. The lowest BCUT2D eigenvalue weighted by molar-refractivity contribution is -0.137. The number of aliphatic hydroxyl groups excluding tert-OH is 1. The van der Waals surface area contributed by atoms with Crippen LogP contribution in [-0.4, -0.2) is 37.0 Å². The minimum Gasteiger partial charge on any atom is -0.394 e. The molecule has 3 aromatic heterocycles. The predicted octanol–water partition coefficient (Wildman–Crippen LogP) is 4.39. The number of rotatable bonds is 5. The molecule has 35 heavy (non-hydrogen) atoms. The van der Waals surface area contributed by atoms with Crippen LogP contribution in [0.1, 0.15) is 27.7 Å². The summed E-state index contributed by atoms with van der Waals surface area (Å²) in [5.74, 6) is -0.393. The van der Waals surface area contributed by atoms with Crippen molar-refractivity contribution < 1.29 is 23.1 Å². The van der Waals surface area contributed by atoms with E-state index in [-0.39, 0.29) is 6.61 Å². The Labute approximate surface area is 197 Å². The monoisotopic (exact) mass is 479 g/mol. The maximum Gasteiger partial charge on any atom is 0.416 e. The van der Waals surface area contributed by atoms with Crippen molar-refractivity contribution in [2.24, 2.45) is 7.05 Å². The molecule has 0 bridgehead atoms. The smallest absolute Gasteiger partial charge is 0.394 e. The fourth-order valence-electron chi connectivity index (χ4n) is 4.13. The fraction of sp³-hybridized carbons (Fsp3) is 0.160. The van der Waals surface area contributed by atoms with Crippen molar-refractivity contribution in [3.05, 3.63) is 89.9 Å². The van der Waals surface area contributed by atoms with E-state index in [1.165, 1.54) is 12.1 Å². The molecule has 2 aromatic carbocycles. The van der Waals surface area contributed by atoms with Gasteiger partial charge in [-0.2, -0.15) is 18.3 Å². The standard InChI is InChI=1S/C25H20F3N5O2/c1-32-13-19-18-12-15(24(35)30-21(14-34)20-4-2-3-11-29-20)5-10-22(18)33(23(19)31-32)17-8-6-16(7-9-17)25(26,27)28/h2-13,21,34H,14H2,1H3,(H,30,35). The summed E-state index contributed by atoms with van der Waals surface area (Å²) in [6.07, 6.45) is -1.05. The van der Waals surface area contributed by atoms with Gasteiger partial charge in [0.1, 0.15) is 0 Å². The van der Waals surface area contributed by atoms with E-state index >= 15 is 0 Å². The number of aliphatic hydroxyl groups is 1. The molecule has 0 saturated heterocycles. The largest absolute Gasteiger partial charge is 0.416 e. The Kier molecular flexibility index (Phi) is 5.52. The van der Waals surface area contributed by atoms with E-state index in [0.29, 0.717) is 28.1 Å². The number of carbonyl (C=O) groups excluding carboxylic acids is 1. The Morgan fingerprint density at radius 2 is 1.86 bits per heavy atom. The topological polar surface area (TPSA) is 85.0 Å². The molecule has 10 heteroatoms. The average Bonchev–Trinajstić information content (AvgIpc) is 3.36. The maximum atomic E-state index is 13.0. The molecule has 1 unspecified atom stereocenters. The molecule has 5 aromatic rings. The van der Waals surface area contributed by atoms with Gasteiger partial charge in [-0.1, -0.05) is 6.07 Å². The Balaban J connectivity index is 1.56. The van der Waals surface area contributed by atoms with Gasteiger partial charge in [-0.25, -0.2) is 0 Å². The Morgan fingerprint density at radius 3 is 2.51 bits per heavy atom. The average molecular weight is 479 g/mol. The first kappa shape index (κ1) is 22.6. The van der Waals surface area contributed by atoms with Crippen LogP contribution in [0.15, 0.2) is 73.1 Å². The highest BCUT2D eigenvalue weighted by molar-refractivity contribution is 6.10. The first-order valence-corrected chi connectivity index (χ1v) is 10.7. The number of alkyl halides is 3. The van der Waals surface area contributed by atoms with Crippen LogP contribution in [0, 0.1) is 0 Å². The van der Waals surface area contributed by atoms with Crippen molar-refractivity contribution in [1.82, 2.24) is 24.6 Å². The number of amides is 1. The number of benzene rings is 2. The van der Waals surface area contributed by atoms with Gasteiger partial charge in [0.25, 0.3) is 5.91 Å². The van der Waals surface area contributed by atoms with Gasteiger partial charge in [0.2, 0.25) is 0 Å². The van der Waals surface area contributed by atoms with Crippen LogP contribution in [0.3, 0.4) is 0 Å². The molecular weight excluding hydrogens is 459 g/mol. The highest BCUT2D eigenvalue weighted by Gasteiger charge is 2.30. The molecule has 5 rings (SSSR count). The Hall–Kier alpha value is -4.18. The number of aryl methyl sites for hydroxylation is 1. The molecule has 0 aliphatic carbocycles. The third kappa shape index (κ3) is 4.12. The van der Waals surface area contributed by atoms with E-state index in [0.717, 1.165) is 22.9 Å². The number of aromatic nitrogens is 4. The minimum absolute atomic E-state index is 0.317. The van der Waals surface area contributed by atoms with E-state index in [1.54, 1.807) is 65.1 Å². The molecule has 0 aliphatic heterocycles. The predicted molar refractivity (Wildman–Crippen MR) is 124 cm³/mol. The van der Waals surface area contributed by atoms with Gasteiger partial charge in [0.15, 0.2) is 5.65 Å². The summed E-state index contributed by atoms with van der Waals surface area (Å²) in [5, 5.41) is 18.5. The van der Waals surface area contributed by atoms with Crippen LogP contribution in [0.2, 0.25) is 0 Å². The summed E-state index contributed by atoms with van der Waals surface area (Å²) < 4.78 is 42.5. The van der Waals surface area contributed by atoms with E-state index in [1.807, 2.05) is 0 Å². The lowest BCUT2D eigenvalue weighted by Crippen LogP contribution is -2.31. The maximum absolute atomic E-state index is 13.0. The number of pyridine rings is 1. The van der Waals surface area contributed by atoms with Gasteiger partial charge in [-0.3, -0.25) is 19.0 Å². The molecule has 0 saturated carbocycles. The van der Waals surface area contributed by atoms with Crippen LogP contribution >= 0.6 is 0 Å². The molecule has 0 radical (unpaired) electrons. The number of nitrogens with zero attached hydrogens (tertiary/aromatic N) is 4. The molecule has 0 aliphatic rings. The van der Waals surface area contributed by atoms with Crippen LogP contribution in [0.5, 0.6) is 0 Å². The molecule has 178 valence electrons. The molecule has 1 atom stereocenters.